The number of allylic oxidation sites excluding steroid dienone is 2. The zero-order chi connectivity index (χ0) is 7.42. The van der Waals surface area contributed by atoms with Crippen molar-refractivity contribution in [2.24, 2.45) is 17.8 Å². The topological polar surface area (TPSA) is 0 Å². The Morgan fingerprint density at radius 3 is 2.09 bits per heavy atom. The van der Waals surface area contributed by atoms with Crippen LogP contribution in [0.3, 0.4) is 0 Å². The average molecular weight is 260 g/mol. The molecule has 0 aromatic carbocycles. The summed E-state index contributed by atoms with van der Waals surface area (Å²) in [5.74, 6) is 3.18. The molecule has 0 heterocycles. The van der Waals surface area contributed by atoms with Crippen molar-refractivity contribution in [1.29, 1.82) is 0 Å². The Labute approximate surface area is 81.6 Å². The summed E-state index contributed by atoms with van der Waals surface area (Å²) >= 11 is 2.62. The van der Waals surface area contributed by atoms with Crippen LogP contribution in [0, 0.1) is 17.8 Å². The molecule has 1 unspecified atom stereocenters. The van der Waals surface area contributed by atoms with E-state index in [-0.39, 0.29) is 0 Å². The average Bonchev–Trinajstić information content (AvgIpc) is 2.28. The Morgan fingerprint density at radius 1 is 1.09 bits per heavy atom. The van der Waals surface area contributed by atoms with Crippen LogP contribution in [0.5, 0.6) is 0 Å². The van der Waals surface area contributed by atoms with Crippen molar-refractivity contribution >= 4 is 22.6 Å². The standard InChI is InChI=1S/C10H13I/c11-10(6-2-1-3-6)9-7-4-5-8(7)9/h6-8H,1-5H2/b10-9-/t7-,8?/m0/s1. The van der Waals surface area contributed by atoms with Crippen LogP contribution >= 0.6 is 22.6 Å². The molecule has 0 amide bonds. The first kappa shape index (κ1) is 6.93. The smallest absolute Gasteiger partial charge is 0.00650 e. The van der Waals surface area contributed by atoms with Gasteiger partial charge in [-0.2, -0.15) is 0 Å². The minimum absolute atomic E-state index is 1.01. The summed E-state index contributed by atoms with van der Waals surface area (Å²) in [4.78, 5) is 0. The maximum Gasteiger partial charge on any atom is -0.00650 e. The van der Waals surface area contributed by atoms with Gasteiger partial charge in [-0.05, 0) is 69.6 Å². The van der Waals surface area contributed by atoms with Gasteiger partial charge in [-0.25, -0.2) is 0 Å². The summed E-state index contributed by atoms with van der Waals surface area (Å²) in [6, 6.07) is 0. The molecule has 0 nitrogen and oxygen atoms in total. The van der Waals surface area contributed by atoms with Gasteiger partial charge in [0, 0.05) is 0 Å². The van der Waals surface area contributed by atoms with E-state index in [9.17, 15) is 0 Å². The molecule has 0 aromatic heterocycles. The molecule has 3 fully saturated rings. The van der Waals surface area contributed by atoms with Gasteiger partial charge in [0.05, 0.1) is 0 Å². The van der Waals surface area contributed by atoms with Gasteiger partial charge in [0.25, 0.3) is 0 Å². The lowest BCUT2D eigenvalue weighted by Crippen LogP contribution is -2.10. The molecule has 3 rings (SSSR count). The van der Waals surface area contributed by atoms with Crippen LogP contribution < -0.4 is 0 Å². The largest absolute Gasteiger partial charge is 0.0533 e. The second kappa shape index (κ2) is 2.24. The molecule has 1 heteroatoms. The van der Waals surface area contributed by atoms with Crippen LogP contribution in [0.1, 0.15) is 32.1 Å². The molecule has 0 spiro atoms. The third-order valence-corrected chi connectivity index (χ3v) is 5.21. The van der Waals surface area contributed by atoms with Gasteiger partial charge in [0.1, 0.15) is 0 Å². The number of rotatable bonds is 1. The molecule has 3 aliphatic carbocycles. The van der Waals surface area contributed by atoms with Crippen molar-refractivity contribution in [3.8, 4) is 0 Å². The first-order valence-corrected chi connectivity index (χ1v) is 5.85. The van der Waals surface area contributed by atoms with Crippen molar-refractivity contribution in [2.75, 3.05) is 0 Å². The first-order chi connectivity index (χ1) is 5.38. The highest BCUT2D eigenvalue weighted by molar-refractivity contribution is 14.1. The van der Waals surface area contributed by atoms with Gasteiger partial charge in [0.2, 0.25) is 0 Å². The Balaban J connectivity index is 1.81. The van der Waals surface area contributed by atoms with E-state index in [0.717, 1.165) is 17.8 Å². The Morgan fingerprint density at radius 2 is 1.73 bits per heavy atom. The summed E-state index contributed by atoms with van der Waals surface area (Å²) in [5.41, 5.74) is 1.88. The number of hydrogen-bond acceptors (Lipinski definition) is 0. The van der Waals surface area contributed by atoms with Crippen LogP contribution in [0.25, 0.3) is 0 Å². The van der Waals surface area contributed by atoms with Crippen LogP contribution in [0.15, 0.2) is 9.15 Å². The highest BCUT2D eigenvalue weighted by Crippen LogP contribution is 2.64. The molecule has 0 bridgehead atoms. The molecule has 11 heavy (non-hydrogen) atoms. The molecular formula is C10H13I. The fraction of sp³-hybridized carbons (Fsp3) is 0.800. The molecule has 0 saturated heterocycles. The van der Waals surface area contributed by atoms with Gasteiger partial charge >= 0.3 is 0 Å². The molecule has 3 aliphatic rings. The number of halogens is 1. The zero-order valence-electron chi connectivity index (χ0n) is 6.65. The lowest BCUT2D eigenvalue weighted by molar-refractivity contribution is 0.384. The third-order valence-electron chi connectivity index (χ3n) is 3.70. The van der Waals surface area contributed by atoms with Crippen LogP contribution in [0.2, 0.25) is 0 Å². The normalized spacial score (nSPS) is 45.5. The fourth-order valence-corrected chi connectivity index (χ4v) is 3.86. The van der Waals surface area contributed by atoms with E-state index >= 15 is 0 Å². The SMILES string of the molecule is I/C(=C1\C2CC[C@H]12)C1CCC1. The Kier molecular flexibility index (Phi) is 1.41. The van der Waals surface area contributed by atoms with E-state index in [1.165, 1.54) is 32.1 Å². The second-order valence-electron chi connectivity index (χ2n) is 4.22. The third kappa shape index (κ3) is 0.865. The Hall–Kier alpha value is 0.470. The minimum atomic E-state index is 1.01. The lowest BCUT2D eigenvalue weighted by Gasteiger charge is -2.25. The summed E-state index contributed by atoms with van der Waals surface area (Å²) in [7, 11) is 0. The highest BCUT2D eigenvalue weighted by Gasteiger charge is 2.53. The van der Waals surface area contributed by atoms with Gasteiger partial charge in [-0.3, -0.25) is 0 Å². The summed E-state index contributed by atoms with van der Waals surface area (Å²) < 4.78 is 1.78. The van der Waals surface area contributed by atoms with Gasteiger partial charge < -0.3 is 0 Å². The molecular weight excluding hydrogens is 247 g/mol. The second-order valence-corrected chi connectivity index (χ2v) is 5.38. The van der Waals surface area contributed by atoms with Crippen LogP contribution in [-0.2, 0) is 0 Å². The molecule has 2 atom stereocenters. The molecule has 0 aromatic rings. The maximum absolute atomic E-state index is 2.62. The fourth-order valence-electron chi connectivity index (χ4n) is 2.44. The predicted molar refractivity (Wildman–Crippen MR) is 54.6 cm³/mol. The summed E-state index contributed by atoms with van der Waals surface area (Å²) in [5, 5.41) is 0. The van der Waals surface area contributed by atoms with Gasteiger partial charge in [0.15, 0.2) is 0 Å². The summed E-state index contributed by atoms with van der Waals surface area (Å²) in [6.07, 6.45) is 7.49. The van der Waals surface area contributed by atoms with E-state index < -0.39 is 0 Å². The molecule has 0 radical (unpaired) electrons. The monoisotopic (exact) mass is 260 g/mol. The zero-order valence-corrected chi connectivity index (χ0v) is 8.80. The van der Waals surface area contributed by atoms with Crippen molar-refractivity contribution in [3.63, 3.8) is 0 Å². The summed E-state index contributed by atoms with van der Waals surface area (Å²) in [6.45, 7) is 0. The molecule has 60 valence electrons. The van der Waals surface area contributed by atoms with Crippen molar-refractivity contribution < 1.29 is 0 Å². The van der Waals surface area contributed by atoms with Gasteiger partial charge in [-0.1, -0.05) is 12.0 Å². The maximum atomic E-state index is 2.62. The quantitative estimate of drug-likeness (QED) is 0.633. The molecule has 0 aliphatic heterocycles. The molecule has 0 N–H and O–H groups in total. The minimum Gasteiger partial charge on any atom is -0.0533 e. The van der Waals surface area contributed by atoms with Crippen molar-refractivity contribution in [3.05, 3.63) is 9.15 Å². The highest BCUT2D eigenvalue weighted by atomic mass is 127. The Bertz CT molecular complexity index is 213. The van der Waals surface area contributed by atoms with Crippen molar-refractivity contribution in [1.82, 2.24) is 0 Å². The van der Waals surface area contributed by atoms with Crippen LogP contribution in [0.4, 0.5) is 0 Å². The van der Waals surface area contributed by atoms with E-state index in [1.807, 2.05) is 5.57 Å². The van der Waals surface area contributed by atoms with E-state index in [1.54, 1.807) is 3.58 Å². The van der Waals surface area contributed by atoms with Crippen LogP contribution in [-0.4, -0.2) is 0 Å². The number of hydrogen-bond donors (Lipinski definition) is 0. The molecule has 3 saturated carbocycles. The van der Waals surface area contributed by atoms with Gasteiger partial charge in [-0.15, -0.1) is 0 Å². The van der Waals surface area contributed by atoms with E-state index in [4.69, 9.17) is 0 Å². The predicted octanol–water partition coefficient (Wildman–Crippen LogP) is 3.52. The first-order valence-electron chi connectivity index (χ1n) is 4.77. The van der Waals surface area contributed by atoms with E-state index in [2.05, 4.69) is 22.6 Å². The lowest BCUT2D eigenvalue weighted by atomic mass is 9.85. The van der Waals surface area contributed by atoms with E-state index in [0.29, 0.717) is 0 Å². The number of fused-ring (bicyclic) bond motifs is 1. The van der Waals surface area contributed by atoms with Crippen molar-refractivity contribution in [2.45, 2.75) is 32.1 Å².